The highest BCUT2D eigenvalue weighted by Gasteiger charge is 2.52. The average molecular weight is 248 g/mol. The molecule has 0 aliphatic heterocycles. The van der Waals surface area contributed by atoms with Gasteiger partial charge in [0, 0.05) is 12.0 Å². The molecule has 0 heterocycles. The minimum atomic E-state index is -2.07. The van der Waals surface area contributed by atoms with Crippen molar-refractivity contribution in [3.8, 4) is 0 Å². The molecule has 0 radical (unpaired) electrons. The van der Waals surface area contributed by atoms with E-state index in [2.05, 4.69) is 0 Å². The first-order chi connectivity index (χ1) is 8.24. The van der Waals surface area contributed by atoms with Gasteiger partial charge in [-0.1, -0.05) is 24.3 Å². The monoisotopic (exact) mass is 248 g/mol. The van der Waals surface area contributed by atoms with Crippen molar-refractivity contribution in [1.82, 2.24) is 0 Å². The van der Waals surface area contributed by atoms with Crippen LogP contribution in [0, 0.1) is 0 Å². The summed E-state index contributed by atoms with van der Waals surface area (Å²) in [5, 5.41) is 10.3. The van der Waals surface area contributed by atoms with E-state index < -0.39 is 23.0 Å². The molecular weight excluding hydrogens is 232 g/mol. The number of carbonyl (C=O) groups is 2. The van der Waals surface area contributed by atoms with E-state index in [4.69, 9.17) is 4.74 Å². The first-order valence-electron chi connectivity index (χ1n) is 5.82. The van der Waals surface area contributed by atoms with E-state index in [1.165, 1.54) is 0 Å². The Hall–Kier alpha value is -1.68. The summed E-state index contributed by atoms with van der Waals surface area (Å²) in [7, 11) is 0. The highest BCUT2D eigenvalue weighted by Crippen LogP contribution is 2.31. The maximum atomic E-state index is 12.1. The van der Waals surface area contributed by atoms with Gasteiger partial charge < -0.3 is 9.84 Å². The van der Waals surface area contributed by atoms with Crippen molar-refractivity contribution in [2.24, 2.45) is 0 Å². The molecule has 1 aliphatic rings. The summed E-state index contributed by atoms with van der Waals surface area (Å²) < 4.78 is 5.12. The van der Waals surface area contributed by atoms with E-state index in [0.717, 1.165) is 0 Å². The van der Waals surface area contributed by atoms with E-state index in [1.54, 1.807) is 45.0 Å². The lowest BCUT2D eigenvalue weighted by molar-refractivity contribution is -0.171. The van der Waals surface area contributed by atoms with Crippen LogP contribution in [0.15, 0.2) is 24.3 Å². The van der Waals surface area contributed by atoms with Gasteiger partial charge in [-0.3, -0.25) is 4.79 Å². The quantitative estimate of drug-likeness (QED) is 0.604. The molecule has 0 bridgehead atoms. The minimum absolute atomic E-state index is 0.0169. The average Bonchev–Trinajstić information content (AvgIpc) is 2.51. The van der Waals surface area contributed by atoms with Crippen molar-refractivity contribution in [3.05, 3.63) is 35.4 Å². The van der Waals surface area contributed by atoms with Crippen LogP contribution in [0.2, 0.25) is 0 Å². The Kier molecular flexibility index (Phi) is 2.78. The molecule has 0 aromatic heterocycles. The summed E-state index contributed by atoms with van der Waals surface area (Å²) in [5.74, 6) is -1.46. The fraction of sp³-hybridized carbons (Fsp3) is 0.429. The van der Waals surface area contributed by atoms with Crippen molar-refractivity contribution in [2.45, 2.75) is 38.4 Å². The Morgan fingerprint density at radius 2 is 1.94 bits per heavy atom. The number of hydrogen-bond acceptors (Lipinski definition) is 4. The number of benzene rings is 1. The number of hydrogen-bond donors (Lipinski definition) is 1. The van der Waals surface area contributed by atoms with Crippen molar-refractivity contribution in [3.63, 3.8) is 0 Å². The molecule has 1 aromatic rings. The van der Waals surface area contributed by atoms with Crippen LogP contribution < -0.4 is 0 Å². The number of ether oxygens (including phenoxy) is 1. The first kappa shape index (κ1) is 12.8. The minimum Gasteiger partial charge on any atom is -0.457 e. The third-order valence-electron chi connectivity index (χ3n) is 2.82. The van der Waals surface area contributed by atoms with Crippen LogP contribution in [0.5, 0.6) is 0 Å². The van der Waals surface area contributed by atoms with Crippen molar-refractivity contribution in [1.29, 1.82) is 0 Å². The number of rotatable bonds is 1. The van der Waals surface area contributed by atoms with Gasteiger partial charge in [-0.15, -0.1) is 0 Å². The Balaban J connectivity index is 2.31. The number of fused-ring (bicyclic) bond motifs is 1. The predicted molar refractivity (Wildman–Crippen MR) is 65.3 cm³/mol. The van der Waals surface area contributed by atoms with Crippen LogP contribution >= 0.6 is 0 Å². The largest absolute Gasteiger partial charge is 0.457 e. The second-order valence-electron chi connectivity index (χ2n) is 5.53. The van der Waals surface area contributed by atoms with Gasteiger partial charge in [0.05, 0.1) is 0 Å². The topological polar surface area (TPSA) is 63.6 Å². The van der Waals surface area contributed by atoms with Crippen LogP contribution in [-0.4, -0.2) is 28.1 Å². The summed E-state index contributed by atoms with van der Waals surface area (Å²) in [4.78, 5) is 24.1. The lowest BCUT2D eigenvalue weighted by Crippen LogP contribution is -2.48. The summed E-state index contributed by atoms with van der Waals surface area (Å²) >= 11 is 0. The summed E-state index contributed by atoms with van der Waals surface area (Å²) in [6, 6.07) is 6.82. The SMILES string of the molecule is CC(C)(C)OC(=O)[C@]1(O)Cc2ccccc2C1=O. The van der Waals surface area contributed by atoms with Gasteiger partial charge in [-0.05, 0) is 26.3 Å². The molecule has 0 saturated heterocycles. The highest BCUT2D eigenvalue weighted by atomic mass is 16.6. The Bertz CT molecular complexity index is 513. The summed E-state index contributed by atoms with van der Waals surface area (Å²) in [6.45, 7) is 5.09. The number of ketones is 1. The molecule has 1 aliphatic carbocycles. The molecular formula is C14H16O4. The van der Waals surface area contributed by atoms with Gasteiger partial charge in [0.2, 0.25) is 11.4 Å². The molecule has 4 heteroatoms. The van der Waals surface area contributed by atoms with Crippen LogP contribution in [0.4, 0.5) is 0 Å². The third kappa shape index (κ3) is 2.04. The molecule has 0 saturated carbocycles. The Morgan fingerprint density at radius 1 is 1.33 bits per heavy atom. The first-order valence-corrected chi connectivity index (χ1v) is 5.82. The molecule has 2 rings (SSSR count). The second kappa shape index (κ2) is 3.92. The zero-order valence-corrected chi connectivity index (χ0v) is 10.7. The molecule has 4 nitrogen and oxygen atoms in total. The maximum Gasteiger partial charge on any atom is 0.347 e. The van der Waals surface area contributed by atoms with Crippen molar-refractivity contribution >= 4 is 11.8 Å². The fourth-order valence-electron chi connectivity index (χ4n) is 2.00. The summed E-state index contributed by atoms with van der Waals surface area (Å²) in [6.07, 6.45) is -0.0169. The Labute approximate surface area is 106 Å². The van der Waals surface area contributed by atoms with Gasteiger partial charge in [0.15, 0.2) is 0 Å². The lowest BCUT2D eigenvalue weighted by Gasteiger charge is -2.25. The lowest BCUT2D eigenvalue weighted by atomic mass is 9.99. The number of esters is 1. The smallest absolute Gasteiger partial charge is 0.347 e. The molecule has 18 heavy (non-hydrogen) atoms. The van der Waals surface area contributed by atoms with Crippen LogP contribution in [0.25, 0.3) is 0 Å². The van der Waals surface area contributed by atoms with Crippen LogP contribution in [-0.2, 0) is 16.0 Å². The van der Waals surface area contributed by atoms with E-state index in [0.29, 0.717) is 11.1 Å². The number of Topliss-reactive ketones (excluding diaryl/α,β-unsaturated/α-hetero) is 1. The van der Waals surface area contributed by atoms with Gasteiger partial charge in [-0.2, -0.15) is 0 Å². The summed E-state index contributed by atoms with van der Waals surface area (Å²) in [5.41, 5.74) is -1.74. The molecule has 0 fully saturated rings. The maximum absolute atomic E-state index is 12.1. The molecule has 1 aromatic carbocycles. The van der Waals surface area contributed by atoms with Crippen molar-refractivity contribution < 1.29 is 19.4 Å². The fourth-order valence-corrected chi connectivity index (χ4v) is 2.00. The highest BCUT2D eigenvalue weighted by molar-refractivity contribution is 6.18. The van der Waals surface area contributed by atoms with E-state index in [9.17, 15) is 14.7 Å². The normalized spacial score (nSPS) is 22.8. The van der Waals surface area contributed by atoms with Crippen LogP contribution in [0.1, 0.15) is 36.7 Å². The van der Waals surface area contributed by atoms with Crippen LogP contribution in [0.3, 0.4) is 0 Å². The Morgan fingerprint density at radius 3 is 2.50 bits per heavy atom. The molecule has 96 valence electrons. The standard InChI is InChI=1S/C14H16O4/c1-13(2,3)18-12(16)14(17)8-9-6-4-5-7-10(9)11(14)15/h4-7,17H,8H2,1-3H3/t14-/m0/s1. The van der Waals surface area contributed by atoms with Gasteiger partial charge >= 0.3 is 5.97 Å². The zero-order valence-electron chi connectivity index (χ0n) is 10.7. The van der Waals surface area contributed by atoms with E-state index in [-0.39, 0.29) is 6.42 Å². The molecule has 1 atom stereocenters. The van der Waals surface area contributed by atoms with E-state index >= 15 is 0 Å². The van der Waals surface area contributed by atoms with E-state index in [1.807, 2.05) is 0 Å². The van der Waals surface area contributed by atoms with Crippen molar-refractivity contribution in [2.75, 3.05) is 0 Å². The third-order valence-corrected chi connectivity index (χ3v) is 2.82. The zero-order chi connectivity index (χ0) is 13.6. The number of carbonyl (C=O) groups excluding carboxylic acids is 2. The second-order valence-corrected chi connectivity index (χ2v) is 5.53. The molecule has 0 amide bonds. The molecule has 0 unspecified atom stereocenters. The molecule has 1 N–H and O–H groups in total. The number of aliphatic hydroxyl groups is 1. The van der Waals surface area contributed by atoms with Gasteiger partial charge in [0.25, 0.3) is 0 Å². The van der Waals surface area contributed by atoms with Gasteiger partial charge in [-0.25, -0.2) is 4.79 Å². The molecule has 0 spiro atoms. The van der Waals surface area contributed by atoms with Gasteiger partial charge in [0.1, 0.15) is 5.60 Å². The predicted octanol–water partition coefficient (Wildman–Crippen LogP) is 1.50.